The first-order chi connectivity index (χ1) is 7.74. The Balaban J connectivity index is 2.49. The number of alkyl halides is 1. The molecule has 2 atom stereocenters. The minimum atomic E-state index is 0.227. The molecular weight excluding hydrogens is 216 g/mol. The fourth-order valence-corrected chi connectivity index (χ4v) is 3.67. The molecule has 0 saturated carbocycles. The van der Waals surface area contributed by atoms with Crippen molar-refractivity contribution in [2.24, 2.45) is 5.92 Å². The fourth-order valence-electron chi connectivity index (χ4n) is 3.13. The van der Waals surface area contributed by atoms with Gasteiger partial charge >= 0.3 is 0 Å². The molecule has 16 heavy (non-hydrogen) atoms. The Morgan fingerprint density at radius 2 is 2.12 bits per heavy atom. The second-order valence-corrected chi connectivity index (χ2v) is 5.38. The molecule has 0 N–H and O–H groups in total. The third kappa shape index (κ3) is 1.78. The van der Waals surface area contributed by atoms with E-state index in [1.54, 1.807) is 0 Å². The molecule has 1 heteroatoms. The number of halogens is 1. The first kappa shape index (κ1) is 12.0. The molecule has 0 heterocycles. The molecule has 0 fully saturated rings. The molecule has 1 aliphatic rings. The Kier molecular flexibility index (Phi) is 3.59. The minimum Gasteiger partial charge on any atom is -0.126 e. The maximum atomic E-state index is 6.34. The molecule has 1 aliphatic carbocycles. The molecule has 0 aliphatic heterocycles. The maximum Gasteiger partial charge on any atom is 0.0323 e. The van der Waals surface area contributed by atoms with Crippen molar-refractivity contribution in [3.8, 4) is 0 Å². The molecule has 2 unspecified atom stereocenters. The van der Waals surface area contributed by atoms with Crippen LogP contribution in [0.25, 0.3) is 0 Å². The lowest BCUT2D eigenvalue weighted by molar-refractivity contribution is 0.269. The standard InChI is InChI=1S/C15H21Cl/c1-3-12(2)15(11-16)10-6-8-13-7-4-5-9-14(13)15/h4-5,7,9,12H,3,6,8,10-11H2,1-2H3. The predicted molar refractivity (Wildman–Crippen MR) is 71.2 cm³/mol. The van der Waals surface area contributed by atoms with Crippen LogP contribution in [0.15, 0.2) is 24.3 Å². The number of aryl methyl sites for hydroxylation is 1. The Labute approximate surface area is 104 Å². The second-order valence-electron chi connectivity index (χ2n) is 5.11. The van der Waals surface area contributed by atoms with Crippen LogP contribution in [0.1, 0.15) is 44.2 Å². The zero-order chi connectivity index (χ0) is 11.6. The van der Waals surface area contributed by atoms with Crippen molar-refractivity contribution < 1.29 is 0 Å². The summed E-state index contributed by atoms with van der Waals surface area (Å²) in [6.45, 7) is 4.63. The van der Waals surface area contributed by atoms with Crippen LogP contribution in [-0.4, -0.2) is 5.88 Å². The van der Waals surface area contributed by atoms with Crippen LogP contribution in [0.4, 0.5) is 0 Å². The van der Waals surface area contributed by atoms with Gasteiger partial charge in [-0.1, -0.05) is 44.5 Å². The Morgan fingerprint density at radius 1 is 1.38 bits per heavy atom. The number of hydrogen-bond acceptors (Lipinski definition) is 0. The van der Waals surface area contributed by atoms with Crippen LogP contribution in [0, 0.1) is 5.92 Å². The van der Waals surface area contributed by atoms with Gasteiger partial charge in [-0.05, 0) is 36.3 Å². The molecule has 0 saturated heterocycles. The summed E-state index contributed by atoms with van der Waals surface area (Å²) in [4.78, 5) is 0. The summed E-state index contributed by atoms with van der Waals surface area (Å²) in [5.41, 5.74) is 3.27. The third-order valence-electron chi connectivity index (χ3n) is 4.42. The molecule has 0 radical (unpaired) electrons. The average molecular weight is 237 g/mol. The van der Waals surface area contributed by atoms with Gasteiger partial charge < -0.3 is 0 Å². The minimum absolute atomic E-state index is 0.227. The summed E-state index contributed by atoms with van der Waals surface area (Å²) in [5, 5.41) is 0. The van der Waals surface area contributed by atoms with Crippen molar-refractivity contribution in [2.45, 2.75) is 44.9 Å². The highest BCUT2D eigenvalue weighted by atomic mass is 35.5. The molecule has 0 amide bonds. The van der Waals surface area contributed by atoms with Crippen LogP contribution >= 0.6 is 11.6 Å². The molecule has 0 nitrogen and oxygen atoms in total. The van der Waals surface area contributed by atoms with Crippen LogP contribution in [-0.2, 0) is 11.8 Å². The van der Waals surface area contributed by atoms with Gasteiger partial charge in [0.15, 0.2) is 0 Å². The van der Waals surface area contributed by atoms with Crippen LogP contribution in [0.2, 0.25) is 0 Å². The Morgan fingerprint density at radius 3 is 2.81 bits per heavy atom. The van der Waals surface area contributed by atoms with Gasteiger partial charge in [0.25, 0.3) is 0 Å². The highest BCUT2D eigenvalue weighted by Gasteiger charge is 2.39. The van der Waals surface area contributed by atoms with E-state index in [1.165, 1.54) is 36.8 Å². The zero-order valence-electron chi connectivity index (χ0n) is 10.3. The van der Waals surface area contributed by atoms with Gasteiger partial charge in [-0.15, -0.1) is 11.6 Å². The monoisotopic (exact) mass is 236 g/mol. The molecule has 0 aromatic heterocycles. The topological polar surface area (TPSA) is 0 Å². The van der Waals surface area contributed by atoms with E-state index in [1.807, 2.05) is 0 Å². The fraction of sp³-hybridized carbons (Fsp3) is 0.600. The Hall–Kier alpha value is -0.490. The summed E-state index contributed by atoms with van der Waals surface area (Å²) in [6.07, 6.45) is 4.98. The van der Waals surface area contributed by atoms with Gasteiger partial charge in [0.1, 0.15) is 0 Å². The number of hydrogen-bond donors (Lipinski definition) is 0. The van der Waals surface area contributed by atoms with Crippen molar-refractivity contribution in [3.63, 3.8) is 0 Å². The van der Waals surface area contributed by atoms with E-state index >= 15 is 0 Å². The summed E-state index contributed by atoms with van der Waals surface area (Å²) in [7, 11) is 0. The van der Waals surface area contributed by atoms with Gasteiger partial charge in [-0.25, -0.2) is 0 Å². The number of rotatable bonds is 3. The van der Waals surface area contributed by atoms with Crippen molar-refractivity contribution in [1.29, 1.82) is 0 Å². The summed E-state index contributed by atoms with van der Waals surface area (Å²) in [5.74, 6) is 1.44. The highest BCUT2D eigenvalue weighted by molar-refractivity contribution is 6.18. The van der Waals surface area contributed by atoms with Crippen LogP contribution in [0.5, 0.6) is 0 Å². The van der Waals surface area contributed by atoms with Crippen molar-refractivity contribution in [1.82, 2.24) is 0 Å². The normalized spacial score (nSPS) is 26.2. The predicted octanol–water partition coefficient (Wildman–Crippen LogP) is 4.55. The molecule has 0 bridgehead atoms. The van der Waals surface area contributed by atoms with E-state index in [9.17, 15) is 0 Å². The first-order valence-corrected chi connectivity index (χ1v) is 6.92. The molecule has 0 spiro atoms. The van der Waals surface area contributed by atoms with Crippen LogP contribution in [0.3, 0.4) is 0 Å². The molecule has 1 aromatic carbocycles. The van der Waals surface area contributed by atoms with Gasteiger partial charge in [0.05, 0.1) is 0 Å². The van der Waals surface area contributed by atoms with Crippen molar-refractivity contribution >= 4 is 11.6 Å². The second kappa shape index (κ2) is 4.79. The first-order valence-electron chi connectivity index (χ1n) is 6.39. The van der Waals surface area contributed by atoms with Gasteiger partial charge in [-0.3, -0.25) is 0 Å². The van der Waals surface area contributed by atoms with Crippen molar-refractivity contribution in [2.75, 3.05) is 5.88 Å². The van der Waals surface area contributed by atoms with Crippen LogP contribution < -0.4 is 0 Å². The van der Waals surface area contributed by atoms with Gasteiger partial charge in [0.2, 0.25) is 0 Å². The maximum absolute atomic E-state index is 6.34. The van der Waals surface area contributed by atoms with E-state index in [0.29, 0.717) is 5.92 Å². The zero-order valence-corrected chi connectivity index (χ0v) is 11.1. The third-order valence-corrected chi connectivity index (χ3v) is 4.89. The average Bonchev–Trinajstić information content (AvgIpc) is 2.37. The number of fused-ring (bicyclic) bond motifs is 1. The smallest absolute Gasteiger partial charge is 0.0323 e. The lowest BCUT2D eigenvalue weighted by Crippen LogP contribution is -2.39. The van der Waals surface area contributed by atoms with Gasteiger partial charge in [-0.2, -0.15) is 0 Å². The van der Waals surface area contributed by atoms with E-state index in [-0.39, 0.29) is 5.41 Å². The van der Waals surface area contributed by atoms with E-state index in [4.69, 9.17) is 11.6 Å². The van der Waals surface area contributed by atoms with Crippen molar-refractivity contribution in [3.05, 3.63) is 35.4 Å². The lowest BCUT2D eigenvalue weighted by atomic mass is 9.64. The van der Waals surface area contributed by atoms with Gasteiger partial charge in [0, 0.05) is 11.3 Å². The Bertz CT molecular complexity index is 358. The summed E-state index contributed by atoms with van der Waals surface area (Å²) < 4.78 is 0. The SMILES string of the molecule is CCC(C)C1(CCl)CCCc2ccccc21. The summed E-state index contributed by atoms with van der Waals surface area (Å²) in [6, 6.07) is 8.88. The van der Waals surface area contributed by atoms with E-state index in [2.05, 4.69) is 38.1 Å². The molecule has 2 rings (SSSR count). The number of benzene rings is 1. The molecule has 1 aromatic rings. The largest absolute Gasteiger partial charge is 0.126 e. The van der Waals surface area contributed by atoms with E-state index in [0.717, 1.165) is 5.88 Å². The van der Waals surface area contributed by atoms with E-state index < -0.39 is 0 Å². The lowest BCUT2D eigenvalue weighted by Gasteiger charge is -2.42. The summed E-state index contributed by atoms with van der Waals surface area (Å²) >= 11 is 6.34. The molecular formula is C15H21Cl. The highest BCUT2D eigenvalue weighted by Crippen LogP contribution is 2.44. The quantitative estimate of drug-likeness (QED) is 0.676. The molecule has 88 valence electrons.